The zero-order chi connectivity index (χ0) is 25.8. The quantitative estimate of drug-likeness (QED) is 0.407. The van der Waals surface area contributed by atoms with Gasteiger partial charge in [-0.3, -0.25) is 9.78 Å². The van der Waals surface area contributed by atoms with Gasteiger partial charge in [0, 0.05) is 44.8 Å². The molecular weight excluding hydrogens is 500 g/mol. The summed E-state index contributed by atoms with van der Waals surface area (Å²) in [6, 6.07) is 6.83. The predicted octanol–water partition coefficient (Wildman–Crippen LogP) is 2.13. The minimum atomic E-state index is -3.44. The number of aromatic nitrogens is 2. The summed E-state index contributed by atoms with van der Waals surface area (Å²) < 4.78 is 27.3. The highest BCUT2D eigenvalue weighted by Gasteiger charge is 2.26. The van der Waals surface area contributed by atoms with Crippen LogP contribution in [0.3, 0.4) is 0 Å². The number of rotatable bonds is 7. The van der Waals surface area contributed by atoms with Crippen LogP contribution >= 0.6 is 11.6 Å². The molecule has 1 aliphatic rings. The van der Waals surface area contributed by atoms with Crippen molar-refractivity contribution in [2.45, 2.75) is 32.2 Å². The van der Waals surface area contributed by atoms with Crippen LogP contribution in [0.2, 0.25) is 5.15 Å². The van der Waals surface area contributed by atoms with E-state index in [2.05, 4.69) is 9.97 Å². The van der Waals surface area contributed by atoms with Crippen molar-refractivity contribution in [2.24, 2.45) is 0 Å². The molecule has 35 heavy (non-hydrogen) atoms. The number of carbonyl (C=O) groups is 3. The Morgan fingerprint density at radius 3 is 2.11 bits per heavy atom. The second kappa shape index (κ2) is 13.7. The van der Waals surface area contributed by atoms with E-state index in [0.29, 0.717) is 13.1 Å². The number of hydrogen-bond acceptors (Lipinski definition) is 7. The average Bonchev–Trinajstić information content (AvgIpc) is 3.13. The molecule has 1 aliphatic heterocycles. The number of pyridine rings is 2. The van der Waals surface area contributed by atoms with E-state index in [1.165, 1.54) is 11.1 Å². The lowest BCUT2D eigenvalue weighted by Gasteiger charge is -2.25. The van der Waals surface area contributed by atoms with Crippen LogP contribution in [0.4, 0.5) is 0 Å². The summed E-state index contributed by atoms with van der Waals surface area (Å²) in [6.07, 6.45) is 8.66. The van der Waals surface area contributed by atoms with Gasteiger partial charge in [0.05, 0.1) is 11.3 Å². The van der Waals surface area contributed by atoms with E-state index in [0.717, 1.165) is 31.2 Å². The maximum Gasteiger partial charge on any atom is 0.414 e. The Morgan fingerprint density at radius 2 is 1.57 bits per heavy atom. The number of carbonyl (C=O) groups excluding carboxylic acids is 1. The molecule has 0 bridgehead atoms. The topological polar surface area (TPSA) is 158 Å². The van der Waals surface area contributed by atoms with Crippen molar-refractivity contribution in [3.05, 3.63) is 59.1 Å². The summed E-state index contributed by atoms with van der Waals surface area (Å²) in [5.41, 5.74) is 1.12. The molecule has 11 nitrogen and oxygen atoms in total. The van der Waals surface area contributed by atoms with Crippen LogP contribution in [-0.4, -0.2) is 81.0 Å². The molecule has 2 N–H and O–H groups in total. The van der Waals surface area contributed by atoms with Crippen LogP contribution in [0.5, 0.6) is 0 Å². The summed E-state index contributed by atoms with van der Waals surface area (Å²) in [5, 5.41) is 14.9. The Labute approximate surface area is 208 Å². The van der Waals surface area contributed by atoms with Crippen molar-refractivity contribution in [1.82, 2.24) is 19.2 Å². The number of amides is 1. The standard InChI is InChI=1S/C20H25ClN4O3S.C2H2O4/c21-19-18(6-5-9-23-19)20(26)24(16-17-7-10-22-11-8-17)14-15-29(27,28)25-12-3-1-2-4-13-25;3-1(4)2(5)6/h5-11H,1-4,12-16H2;(H,3,4)(H,5,6). The van der Waals surface area contributed by atoms with Gasteiger partial charge >= 0.3 is 11.9 Å². The largest absolute Gasteiger partial charge is 0.473 e. The molecule has 0 spiro atoms. The molecule has 190 valence electrons. The van der Waals surface area contributed by atoms with Gasteiger partial charge < -0.3 is 15.1 Å². The van der Waals surface area contributed by atoms with E-state index in [9.17, 15) is 13.2 Å². The van der Waals surface area contributed by atoms with Gasteiger partial charge in [-0.05, 0) is 42.7 Å². The summed E-state index contributed by atoms with van der Waals surface area (Å²) in [4.78, 5) is 40.8. The molecule has 2 aromatic heterocycles. The fourth-order valence-electron chi connectivity index (χ4n) is 3.35. The van der Waals surface area contributed by atoms with E-state index in [1.54, 1.807) is 41.0 Å². The lowest BCUT2D eigenvalue weighted by molar-refractivity contribution is -0.159. The fraction of sp³-hybridized carbons (Fsp3) is 0.409. The van der Waals surface area contributed by atoms with Gasteiger partial charge in [0.2, 0.25) is 10.0 Å². The predicted molar refractivity (Wildman–Crippen MR) is 127 cm³/mol. The number of aliphatic carboxylic acids is 2. The van der Waals surface area contributed by atoms with Gasteiger partial charge in [-0.2, -0.15) is 0 Å². The highest BCUT2D eigenvalue weighted by atomic mass is 35.5. The van der Waals surface area contributed by atoms with Crippen LogP contribution in [0.1, 0.15) is 41.6 Å². The van der Waals surface area contributed by atoms with Crippen molar-refractivity contribution in [3.63, 3.8) is 0 Å². The number of nitrogens with zero attached hydrogens (tertiary/aromatic N) is 4. The van der Waals surface area contributed by atoms with E-state index in [1.807, 2.05) is 0 Å². The second-order valence-corrected chi connectivity index (χ2v) is 10.1. The number of sulfonamides is 1. The summed E-state index contributed by atoms with van der Waals surface area (Å²) in [6.45, 7) is 1.44. The lowest BCUT2D eigenvalue weighted by Crippen LogP contribution is -2.40. The van der Waals surface area contributed by atoms with Crippen molar-refractivity contribution < 1.29 is 33.0 Å². The van der Waals surface area contributed by atoms with E-state index < -0.39 is 22.0 Å². The molecular formula is C22H27ClN4O7S. The summed E-state index contributed by atoms with van der Waals surface area (Å²) in [7, 11) is -3.44. The maximum absolute atomic E-state index is 13.1. The Hall–Kier alpha value is -3.09. The number of hydrogen-bond donors (Lipinski definition) is 2. The molecule has 3 heterocycles. The highest BCUT2D eigenvalue weighted by Crippen LogP contribution is 2.18. The van der Waals surface area contributed by atoms with E-state index in [4.69, 9.17) is 31.4 Å². The van der Waals surface area contributed by atoms with Gasteiger partial charge in [-0.25, -0.2) is 27.3 Å². The summed E-state index contributed by atoms with van der Waals surface area (Å²) in [5.74, 6) is -4.11. The van der Waals surface area contributed by atoms with Crippen molar-refractivity contribution in [1.29, 1.82) is 0 Å². The van der Waals surface area contributed by atoms with Gasteiger partial charge in [0.25, 0.3) is 5.91 Å². The molecule has 1 amide bonds. The zero-order valence-corrected chi connectivity index (χ0v) is 20.5. The first-order valence-electron chi connectivity index (χ1n) is 10.8. The Kier molecular flexibility index (Phi) is 11.0. The molecule has 0 aliphatic carbocycles. The first-order valence-corrected chi connectivity index (χ1v) is 12.8. The Balaban J connectivity index is 0.000000641. The molecule has 1 fully saturated rings. The van der Waals surface area contributed by atoms with Crippen molar-refractivity contribution in [2.75, 3.05) is 25.4 Å². The second-order valence-electron chi connectivity index (χ2n) is 7.66. The third-order valence-corrected chi connectivity index (χ3v) is 7.31. The summed E-state index contributed by atoms with van der Waals surface area (Å²) >= 11 is 6.10. The van der Waals surface area contributed by atoms with Crippen LogP contribution in [0.25, 0.3) is 0 Å². The zero-order valence-electron chi connectivity index (χ0n) is 18.9. The number of halogens is 1. The number of carboxylic acid groups (broad SMARTS) is 2. The molecule has 13 heteroatoms. The lowest BCUT2D eigenvalue weighted by atomic mass is 10.2. The van der Waals surface area contributed by atoms with Gasteiger partial charge in [-0.1, -0.05) is 24.4 Å². The SMILES string of the molecule is O=C(O)C(=O)O.O=C(c1cccnc1Cl)N(CCS(=O)(=O)N1CCCCCC1)Cc1ccncc1. The molecule has 0 radical (unpaired) electrons. The molecule has 0 aromatic carbocycles. The normalized spacial score (nSPS) is 14.2. The van der Waals surface area contributed by atoms with Gasteiger partial charge in [-0.15, -0.1) is 0 Å². The maximum atomic E-state index is 13.1. The molecule has 0 atom stereocenters. The third-order valence-electron chi connectivity index (χ3n) is 5.16. The number of carboxylic acids is 2. The monoisotopic (exact) mass is 526 g/mol. The first-order chi connectivity index (χ1) is 16.6. The van der Waals surface area contributed by atoms with Crippen LogP contribution in [0.15, 0.2) is 42.9 Å². The molecule has 1 saturated heterocycles. The fourth-order valence-corrected chi connectivity index (χ4v) is 5.08. The highest BCUT2D eigenvalue weighted by molar-refractivity contribution is 7.89. The van der Waals surface area contributed by atoms with Gasteiger partial charge in [0.15, 0.2) is 0 Å². The molecule has 0 unspecified atom stereocenters. The van der Waals surface area contributed by atoms with Crippen LogP contribution in [-0.2, 0) is 26.2 Å². The smallest absolute Gasteiger partial charge is 0.414 e. The minimum absolute atomic E-state index is 0.0746. The molecule has 0 saturated carbocycles. The van der Waals surface area contributed by atoms with Crippen LogP contribution < -0.4 is 0 Å². The molecule has 2 aromatic rings. The van der Waals surface area contributed by atoms with Crippen LogP contribution in [0, 0.1) is 0 Å². The average molecular weight is 527 g/mol. The first kappa shape index (κ1) is 28.1. The van der Waals surface area contributed by atoms with E-state index >= 15 is 0 Å². The Bertz CT molecular complexity index is 1100. The van der Waals surface area contributed by atoms with E-state index in [-0.39, 0.29) is 35.5 Å². The minimum Gasteiger partial charge on any atom is -0.473 e. The Morgan fingerprint density at radius 1 is 0.971 bits per heavy atom. The molecule has 3 rings (SSSR count). The van der Waals surface area contributed by atoms with Crippen molar-refractivity contribution in [3.8, 4) is 0 Å². The van der Waals surface area contributed by atoms with Crippen molar-refractivity contribution >= 4 is 39.5 Å². The third kappa shape index (κ3) is 9.23. The van der Waals surface area contributed by atoms with Gasteiger partial charge in [0.1, 0.15) is 5.15 Å².